The fraction of sp³-hybridized carbons (Fsp3) is 0.615. The summed E-state index contributed by atoms with van der Waals surface area (Å²) in [4.78, 5) is 20.1. The molecule has 0 radical (unpaired) electrons. The molecule has 2 atom stereocenters. The molecule has 0 saturated carbocycles. The molecule has 1 aromatic heterocycles. The van der Waals surface area contributed by atoms with E-state index in [0.29, 0.717) is 23.8 Å². The molecule has 0 aromatic carbocycles. The Bertz CT molecular complexity index is 464. The molecule has 1 aliphatic heterocycles. The van der Waals surface area contributed by atoms with E-state index in [2.05, 4.69) is 15.3 Å². The van der Waals surface area contributed by atoms with Crippen molar-refractivity contribution in [2.24, 2.45) is 0 Å². The SMILES string of the molecule is CCOC(=O)c1cnc(NC2CCOC2C)nc1C. The largest absolute Gasteiger partial charge is 0.462 e. The number of carbonyl (C=O) groups excluding carboxylic acids is 1. The number of nitrogens with one attached hydrogen (secondary N) is 1. The second kappa shape index (κ2) is 5.97. The van der Waals surface area contributed by atoms with E-state index in [9.17, 15) is 4.79 Å². The van der Waals surface area contributed by atoms with Crippen LogP contribution in [0.5, 0.6) is 0 Å². The van der Waals surface area contributed by atoms with Crippen LogP contribution in [0.4, 0.5) is 5.95 Å². The van der Waals surface area contributed by atoms with E-state index in [1.165, 1.54) is 6.20 Å². The van der Waals surface area contributed by atoms with E-state index in [4.69, 9.17) is 9.47 Å². The lowest BCUT2D eigenvalue weighted by Crippen LogP contribution is -2.28. The molecular weight excluding hydrogens is 246 g/mol. The standard InChI is InChI=1S/C13H19N3O3/c1-4-18-12(17)10-7-14-13(15-8(10)2)16-11-5-6-19-9(11)3/h7,9,11H,4-6H2,1-3H3,(H,14,15,16). The number of esters is 1. The molecule has 6 nitrogen and oxygen atoms in total. The summed E-state index contributed by atoms with van der Waals surface area (Å²) < 4.78 is 10.4. The number of anilines is 1. The molecule has 1 saturated heterocycles. The number of hydrogen-bond donors (Lipinski definition) is 1. The summed E-state index contributed by atoms with van der Waals surface area (Å²) in [5.41, 5.74) is 1.02. The first-order valence-electron chi connectivity index (χ1n) is 6.50. The molecule has 1 aromatic rings. The smallest absolute Gasteiger partial charge is 0.341 e. The third kappa shape index (κ3) is 3.20. The lowest BCUT2D eigenvalue weighted by atomic mass is 10.2. The van der Waals surface area contributed by atoms with Crippen LogP contribution in [-0.4, -0.2) is 41.3 Å². The zero-order valence-electron chi connectivity index (χ0n) is 11.5. The summed E-state index contributed by atoms with van der Waals surface area (Å²) in [5, 5.41) is 3.23. The average molecular weight is 265 g/mol. The minimum atomic E-state index is -0.385. The van der Waals surface area contributed by atoms with Crippen molar-refractivity contribution in [3.63, 3.8) is 0 Å². The number of ether oxygens (including phenoxy) is 2. The summed E-state index contributed by atoms with van der Waals surface area (Å²) in [6.45, 7) is 6.65. The van der Waals surface area contributed by atoms with Crippen LogP contribution in [0.25, 0.3) is 0 Å². The third-order valence-electron chi connectivity index (χ3n) is 3.17. The van der Waals surface area contributed by atoms with Gasteiger partial charge >= 0.3 is 5.97 Å². The van der Waals surface area contributed by atoms with Crippen molar-refractivity contribution in [1.29, 1.82) is 0 Å². The Morgan fingerprint density at radius 1 is 1.63 bits per heavy atom. The number of aryl methyl sites for hydroxylation is 1. The third-order valence-corrected chi connectivity index (χ3v) is 3.17. The van der Waals surface area contributed by atoms with E-state index >= 15 is 0 Å². The monoisotopic (exact) mass is 265 g/mol. The van der Waals surface area contributed by atoms with Gasteiger partial charge in [-0.25, -0.2) is 14.8 Å². The predicted molar refractivity (Wildman–Crippen MR) is 70.2 cm³/mol. The maximum absolute atomic E-state index is 11.6. The Hall–Kier alpha value is -1.69. The van der Waals surface area contributed by atoms with Crippen LogP contribution in [0.1, 0.15) is 36.3 Å². The van der Waals surface area contributed by atoms with Gasteiger partial charge in [-0.1, -0.05) is 0 Å². The molecule has 1 N–H and O–H groups in total. The fourth-order valence-corrected chi connectivity index (χ4v) is 2.03. The van der Waals surface area contributed by atoms with Gasteiger partial charge in [0.1, 0.15) is 0 Å². The topological polar surface area (TPSA) is 73.3 Å². The molecule has 19 heavy (non-hydrogen) atoms. The van der Waals surface area contributed by atoms with Gasteiger partial charge in [-0.3, -0.25) is 0 Å². The highest BCUT2D eigenvalue weighted by Gasteiger charge is 2.25. The second-order valence-corrected chi connectivity index (χ2v) is 4.53. The van der Waals surface area contributed by atoms with Crippen LogP contribution < -0.4 is 5.32 Å². The molecule has 1 aliphatic rings. The summed E-state index contributed by atoms with van der Waals surface area (Å²) in [5.74, 6) is 0.136. The van der Waals surface area contributed by atoms with Crippen LogP contribution in [0.2, 0.25) is 0 Å². The number of nitrogens with zero attached hydrogens (tertiary/aromatic N) is 2. The molecule has 0 amide bonds. The lowest BCUT2D eigenvalue weighted by Gasteiger charge is -2.16. The number of rotatable bonds is 4. The highest BCUT2D eigenvalue weighted by atomic mass is 16.5. The minimum Gasteiger partial charge on any atom is -0.462 e. The van der Waals surface area contributed by atoms with Gasteiger partial charge in [-0.2, -0.15) is 0 Å². The highest BCUT2D eigenvalue weighted by molar-refractivity contribution is 5.90. The zero-order valence-corrected chi connectivity index (χ0v) is 11.5. The molecular formula is C13H19N3O3. The Morgan fingerprint density at radius 2 is 2.42 bits per heavy atom. The van der Waals surface area contributed by atoms with Gasteiger partial charge in [0.15, 0.2) is 0 Å². The Morgan fingerprint density at radius 3 is 3.00 bits per heavy atom. The van der Waals surface area contributed by atoms with Crippen molar-refractivity contribution in [2.75, 3.05) is 18.5 Å². The normalized spacial score (nSPS) is 22.3. The van der Waals surface area contributed by atoms with E-state index in [-0.39, 0.29) is 18.1 Å². The molecule has 104 valence electrons. The maximum Gasteiger partial charge on any atom is 0.341 e. The van der Waals surface area contributed by atoms with Gasteiger partial charge in [0.2, 0.25) is 5.95 Å². The number of hydrogen-bond acceptors (Lipinski definition) is 6. The van der Waals surface area contributed by atoms with Gasteiger partial charge in [0.25, 0.3) is 0 Å². The van der Waals surface area contributed by atoms with Gasteiger partial charge in [-0.15, -0.1) is 0 Å². The van der Waals surface area contributed by atoms with E-state index in [1.54, 1.807) is 13.8 Å². The molecule has 2 heterocycles. The maximum atomic E-state index is 11.6. The first kappa shape index (κ1) is 13.7. The molecule has 0 spiro atoms. The summed E-state index contributed by atoms with van der Waals surface area (Å²) in [6.07, 6.45) is 2.58. The van der Waals surface area contributed by atoms with Crippen LogP contribution in [0.3, 0.4) is 0 Å². The Labute approximate surface area is 112 Å². The molecule has 0 aliphatic carbocycles. The Balaban J connectivity index is 2.08. The Kier molecular flexibility index (Phi) is 4.31. The highest BCUT2D eigenvalue weighted by Crippen LogP contribution is 2.17. The number of carbonyl (C=O) groups is 1. The summed E-state index contributed by atoms with van der Waals surface area (Å²) >= 11 is 0. The van der Waals surface area contributed by atoms with Crippen LogP contribution >= 0.6 is 0 Å². The fourth-order valence-electron chi connectivity index (χ4n) is 2.03. The molecule has 1 fully saturated rings. The minimum absolute atomic E-state index is 0.147. The van der Waals surface area contributed by atoms with E-state index in [1.807, 2.05) is 6.92 Å². The van der Waals surface area contributed by atoms with Crippen molar-refractivity contribution in [2.45, 2.75) is 39.3 Å². The molecule has 2 unspecified atom stereocenters. The van der Waals surface area contributed by atoms with Gasteiger partial charge < -0.3 is 14.8 Å². The van der Waals surface area contributed by atoms with Crippen molar-refractivity contribution in [3.8, 4) is 0 Å². The second-order valence-electron chi connectivity index (χ2n) is 4.53. The van der Waals surface area contributed by atoms with Crippen LogP contribution in [-0.2, 0) is 9.47 Å². The summed E-state index contributed by atoms with van der Waals surface area (Å²) in [6, 6.07) is 0.216. The quantitative estimate of drug-likeness (QED) is 0.833. The summed E-state index contributed by atoms with van der Waals surface area (Å²) in [7, 11) is 0. The van der Waals surface area contributed by atoms with E-state index < -0.39 is 0 Å². The van der Waals surface area contributed by atoms with Gasteiger partial charge in [0.05, 0.1) is 30.0 Å². The van der Waals surface area contributed by atoms with Gasteiger partial charge in [0, 0.05) is 12.8 Å². The van der Waals surface area contributed by atoms with E-state index in [0.717, 1.165) is 13.0 Å². The van der Waals surface area contributed by atoms with Crippen molar-refractivity contribution in [1.82, 2.24) is 9.97 Å². The van der Waals surface area contributed by atoms with Crippen molar-refractivity contribution >= 4 is 11.9 Å². The predicted octanol–water partition coefficient (Wildman–Crippen LogP) is 1.55. The molecule has 0 bridgehead atoms. The first-order chi connectivity index (χ1) is 9.11. The van der Waals surface area contributed by atoms with Crippen molar-refractivity contribution in [3.05, 3.63) is 17.5 Å². The lowest BCUT2D eigenvalue weighted by molar-refractivity contribution is 0.0524. The zero-order chi connectivity index (χ0) is 13.8. The first-order valence-corrected chi connectivity index (χ1v) is 6.50. The van der Waals surface area contributed by atoms with Gasteiger partial charge in [-0.05, 0) is 27.2 Å². The molecule has 6 heteroatoms. The number of aromatic nitrogens is 2. The van der Waals surface area contributed by atoms with Crippen LogP contribution in [0, 0.1) is 6.92 Å². The van der Waals surface area contributed by atoms with Crippen molar-refractivity contribution < 1.29 is 14.3 Å². The van der Waals surface area contributed by atoms with Crippen LogP contribution in [0.15, 0.2) is 6.20 Å². The molecule has 2 rings (SSSR count). The average Bonchev–Trinajstić information content (AvgIpc) is 2.75.